The standard InChI is InChI=1S/C18H22N2O2S/c1-5-13-10-14(15(19)21)17(23-13)20-16(22)11-6-8-12(9-7-11)18(2,3)4/h6-10H,5H2,1-4H3,(H2,19,21)(H,20,22). The lowest BCUT2D eigenvalue weighted by Crippen LogP contribution is -2.17. The van der Waals surface area contributed by atoms with Gasteiger partial charge in [0.1, 0.15) is 5.00 Å². The molecular formula is C18H22N2O2S. The molecule has 2 amide bonds. The van der Waals surface area contributed by atoms with Crippen molar-refractivity contribution in [1.29, 1.82) is 0 Å². The summed E-state index contributed by atoms with van der Waals surface area (Å²) in [5, 5.41) is 3.31. The SMILES string of the molecule is CCc1cc(C(N)=O)c(NC(=O)c2ccc(C(C)(C)C)cc2)s1. The Bertz CT molecular complexity index is 724. The molecule has 23 heavy (non-hydrogen) atoms. The van der Waals surface area contributed by atoms with Gasteiger partial charge in [0.05, 0.1) is 5.56 Å². The van der Waals surface area contributed by atoms with E-state index >= 15 is 0 Å². The van der Waals surface area contributed by atoms with Crippen LogP contribution in [0.4, 0.5) is 5.00 Å². The van der Waals surface area contributed by atoms with Crippen molar-refractivity contribution in [2.45, 2.75) is 39.5 Å². The summed E-state index contributed by atoms with van der Waals surface area (Å²) >= 11 is 1.39. The van der Waals surface area contributed by atoms with E-state index in [0.29, 0.717) is 16.1 Å². The number of amides is 2. The summed E-state index contributed by atoms with van der Waals surface area (Å²) in [5.41, 5.74) is 7.51. The molecule has 0 saturated heterocycles. The van der Waals surface area contributed by atoms with E-state index in [1.807, 2.05) is 19.1 Å². The van der Waals surface area contributed by atoms with Crippen LogP contribution in [-0.4, -0.2) is 11.8 Å². The highest BCUT2D eigenvalue weighted by atomic mass is 32.1. The Morgan fingerprint density at radius 2 is 1.78 bits per heavy atom. The molecule has 0 fully saturated rings. The molecule has 4 nitrogen and oxygen atoms in total. The maximum atomic E-state index is 12.4. The van der Waals surface area contributed by atoms with Gasteiger partial charge in [-0.2, -0.15) is 0 Å². The van der Waals surface area contributed by atoms with E-state index in [1.54, 1.807) is 18.2 Å². The average molecular weight is 330 g/mol. The van der Waals surface area contributed by atoms with E-state index in [-0.39, 0.29) is 11.3 Å². The number of carbonyl (C=O) groups is 2. The zero-order valence-electron chi connectivity index (χ0n) is 13.9. The number of primary amides is 1. The van der Waals surface area contributed by atoms with Gasteiger partial charge in [-0.15, -0.1) is 11.3 Å². The van der Waals surface area contributed by atoms with Gasteiger partial charge in [-0.25, -0.2) is 0 Å². The summed E-state index contributed by atoms with van der Waals surface area (Å²) in [6.07, 6.45) is 0.793. The first-order valence-corrected chi connectivity index (χ1v) is 8.38. The number of anilines is 1. The fraction of sp³-hybridized carbons (Fsp3) is 0.333. The van der Waals surface area contributed by atoms with Crippen molar-refractivity contribution in [2.24, 2.45) is 5.73 Å². The van der Waals surface area contributed by atoms with Gasteiger partial charge >= 0.3 is 0 Å². The molecule has 1 aromatic carbocycles. The number of aryl methyl sites for hydroxylation is 1. The molecule has 3 N–H and O–H groups in total. The topological polar surface area (TPSA) is 72.2 Å². The predicted molar refractivity (Wildman–Crippen MR) is 95.3 cm³/mol. The third-order valence-corrected chi connectivity index (χ3v) is 4.83. The van der Waals surface area contributed by atoms with Crippen LogP contribution in [0.3, 0.4) is 0 Å². The molecule has 0 spiro atoms. The summed E-state index contributed by atoms with van der Waals surface area (Å²) in [4.78, 5) is 24.9. The number of nitrogens with two attached hydrogens (primary N) is 1. The zero-order chi connectivity index (χ0) is 17.2. The van der Waals surface area contributed by atoms with Gasteiger partial charge in [-0.05, 0) is 35.6 Å². The summed E-state index contributed by atoms with van der Waals surface area (Å²) in [7, 11) is 0. The first kappa shape index (κ1) is 17.2. The van der Waals surface area contributed by atoms with Gasteiger partial charge in [-0.1, -0.05) is 39.8 Å². The van der Waals surface area contributed by atoms with Crippen molar-refractivity contribution in [3.05, 3.63) is 51.9 Å². The number of thiophene rings is 1. The van der Waals surface area contributed by atoms with Gasteiger partial charge < -0.3 is 11.1 Å². The van der Waals surface area contributed by atoms with Crippen molar-refractivity contribution < 1.29 is 9.59 Å². The fourth-order valence-corrected chi connectivity index (χ4v) is 3.19. The molecule has 0 aliphatic rings. The van der Waals surface area contributed by atoms with Crippen LogP contribution >= 0.6 is 11.3 Å². The quantitative estimate of drug-likeness (QED) is 0.890. The highest BCUT2D eigenvalue weighted by Gasteiger charge is 2.17. The van der Waals surface area contributed by atoms with E-state index in [1.165, 1.54) is 11.3 Å². The molecule has 5 heteroatoms. The third kappa shape index (κ3) is 3.99. The summed E-state index contributed by atoms with van der Waals surface area (Å²) in [6, 6.07) is 9.25. The fourth-order valence-electron chi connectivity index (χ4n) is 2.19. The lowest BCUT2D eigenvalue weighted by atomic mass is 9.87. The van der Waals surface area contributed by atoms with Crippen LogP contribution in [0, 0.1) is 0 Å². The minimum Gasteiger partial charge on any atom is -0.366 e. The van der Waals surface area contributed by atoms with E-state index in [9.17, 15) is 9.59 Å². The van der Waals surface area contributed by atoms with Crippen LogP contribution in [0.5, 0.6) is 0 Å². The monoisotopic (exact) mass is 330 g/mol. The summed E-state index contributed by atoms with van der Waals surface area (Å²) < 4.78 is 0. The number of hydrogen-bond acceptors (Lipinski definition) is 3. The first-order valence-electron chi connectivity index (χ1n) is 7.56. The smallest absolute Gasteiger partial charge is 0.256 e. The Hall–Kier alpha value is -2.14. The Kier molecular flexibility index (Phi) is 4.90. The third-order valence-electron chi connectivity index (χ3n) is 3.64. The van der Waals surface area contributed by atoms with Gasteiger partial charge in [0.25, 0.3) is 11.8 Å². The van der Waals surface area contributed by atoms with Crippen molar-refractivity contribution in [2.75, 3.05) is 5.32 Å². The molecule has 0 atom stereocenters. The lowest BCUT2D eigenvalue weighted by molar-refractivity contribution is 0.100. The molecule has 0 saturated carbocycles. The minimum atomic E-state index is -0.528. The van der Waals surface area contributed by atoms with Gasteiger partial charge in [0, 0.05) is 10.4 Å². The Morgan fingerprint density at radius 1 is 1.17 bits per heavy atom. The minimum absolute atomic E-state index is 0.0396. The van der Waals surface area contributed by atoms with Crippen LogP contribution in [0.1, 0.15) is 58.9 Å². The van der Waals surface area contributed by atoms with Gasteiger partial charge in [0.2, 0.25) is 0 Å². The Balaban J connectivity index is 2.22. The second-order valence-corrected chi connectivity index (χ2v) is 7.59. The second-order valence-electron chi connectivity index (χ2n) is 6.45. The molecule has 1 aromatic heterocycles. The largest absolute Gasteiger partial charge is 0.366 e. The van der Waals surface area contributed by atoms with Gasteiger partial charge in [0.15, 0.2) is 0 Å². The summed E-state index contributed by atoms with van der Waals surface area (Å²) in [6.45, 7) is 8.37. The maximum absolute atomic E-state index is 12.4. The zero-order valence-corrected chi connectivity index (χ0v) is 14.7. The van der Waals surface area contributed by atoms with E-state index in [0.717, 1.165) is 16.9 Å². The lowest BCUT2D eigenvalue weighted by Gasteiger charge is -2.19. The molecule has 0 aliphatic carbocycles. The number of carbonyl (C=O) groups excluding carboxylic acids is 2. The van der Waals surface area contributed by atoms with E-state index in [2.05, 4.69) is 26.1 Å². The molecular weight excluding hydrogens is 308 g/mol. The van der Waals surface area contributed by atoms with Crippen LogP contribution in [0.2, 0.25) is 0 Å². The van der Waals surface area contributed by atoms with Crippen molar-refractivity contribution in [3.8, 4) is 0 Å². The van der Waals surface area contributed by atoms with Gasteiger partial charge in [-0.3, -0.25) is 9.59 Å². The molecule has 0 unspecified atom stereocenters. The predicted octanol–water partition coefficient (Wildman–Crippen LogP) is 3.96. The highest BCUT2D eigenvalue weighted by Crippen LogP contribution is 2.29. The molecule has 2 aromatic rings. The second kappa shape index (κ2) is 6.54. The average Bonchev–Trinajstić information content (AvgIpc) is 2.89. The van der Waals surface area contributed by atoms with Crippen LogP contribution in [-0.2, 0) is 11.8 Å². The number of benzene rings is 1. The van der Waals surface area contributed by atoms with Crippen molar-refractivity contribution in [1.82, 2.24) is 0 Å². The maximum Gasteiger partial charge on any atom is 0.256 e. The summed E-state index contributed by atoms with van der Waals surface area (Å²) in [5.74, 6) is -0.767. The Morgan fingerprint density at radius 3 is 2.26 bits per heavy atom. The Labute approximate surface area is 140 Å². The van der Waals surface area contributed by atoms with E-state index < -0.39 is 5.91 Å². The molecule has 0 radical (unpaired) electrons. The van der Waals surface area contributed by atoms with Crippen LogP contribution in [0.25, 0.3) is 0 Å². The van der Waals surface area contributed by atoms with Crippen LogP contribution in [0.15, 0.2) is 30.3 Å². The molecule has 2 rings (SSSR count). The van der Waals surface area contributed by atoms with Crippen LogP contribution < -0.4 is 11.1 Å². The molecule has 0 aliphatic heterocycles. The molecule has 122 valence electrons. The van der Waals surface area contributed by atoms with Crippen molar-refractivity contribution >= 4 is 28.2 Å². The molecule has 0 bridgehead atoms. The van der Waals surface area contributed by atoms with Crippen molar-refractivity contribution in [3.63, 3.8) is 0 Å². The molecule has 1 heterocycles. The van der Waals surface area contributed by atoms with E-state index in [4.69, 9.17) is 5.73 Å². The normalized spacial score (nSPS) is 11.3. The first-order chi connectivity index (χ1) is 10.7. The number of rotatable bonds is 4. The number of hydrogen-bond donors (Lipinski definition) is 2. The number of nitrogens with one attached hydrogen (secondary N) is 1. The highest BCUT2D eigenvalue weighted by molar-refractivity contribution is 7.16.